The maximum absolute atomic E-state index is 12.1. The van der Waals surface area contributed by atoms with Crippen molar-refractivity contribution in [3.05, 3.63) is 23.7 Å². The number of carbonyl (C=O) groups is 1. The van der Waals surface area contributed by atoms with Crippen LogP contribution in [0.5, 0.6) is 0 Å². The zero-order chi connectivity index (χ0) is 22.5. The monoisotopic (exact) mass is 563 g/mol. The first-order chi connectivity index (χ1) is 15.1. The number of aryl methyl sites for hydroxylation is 1. The molecule has 2 rings (SSSR count). The summed E-state index contributed by atoms with van der Waals surface area (Å²) in [6.07, 6.45) is 4.66. The Morgan fingerprint density at radius 2 is 1.81 bits per heavy atom. The number of aliphatic imine (C=N–C) groups is 1. The fourth-order valence-corrected chi connectivity index (χ4v) is 4.01. The van der Waals surface area contributed by atoms with Crippen molar-refractivity contribution in [3.63, 3.8) is 0 Å². The molecule has 32 heavy (non-hydrogen) atoms. The van der Waals surface area contributed by atoms with Gasteiger partial charge in [0, 0.05) is 44.3 Å². The lowest BCUT2D eigenvalue weighted by Gasteiger charge is -2.38. The van der Waals surface area contributed by atoms with Gasteiger partial charge in [-0.2, -0.15) is 0 Å². The number of amides is 1. The van der Waals surface area contributed by atoms with E-state index in [1.165, 1.54) is 6.26 Å². The summed E-state index contributed by atoms with van der Waals surface area (Å²) < 4.78 is 10.8. The molecular weight excluding hydrogens is 521 g/mol. The van der Waals surface area contributed by atoms with E-state index in [1.807, 2.05) is 6.92 Å². The van der Waals surface area contributed by atoms with E-state index in [2.05, 4.69) is 41.6 Å². The van der Waals surface area contributed by atoms with Gasteiger partial charge in [0.15, 0.2) is 11.7 Å². The molecule has 0 aliphatic carbocycles. The Morgan fingerprint density at radius 3 is 2.41 bits per heavy atom. The van der Waals surface area contributed by atoms with Crippen LogP contribution in [0.4, 0.5) is 0 Å². The lowest BCUT2D eigenvalue weighted by Crippen LogP contribution is -2.49. The van der Waals surface area contributed by atoms with Gasteiger partial charge >= 0.3 is 0 Å². The molecule has 2 heterocycles. The van der Waals surface area contributed by atoms with Gasteiger partial charge in [-0.1, -0.05) is 26.7 Å². The molecule has 1 atom stereocenters. The summed E-state index contributed by atoms with van der Waals surface area (Å²) >= 11 is 0. The number of guanidine groups is 1. The molecule has 1 unspecified atom stereocenters. The Labute approximate surface area is 210 Å². The van der Waals surface area contributed by atoms with Gasteiger partial charge in [0.2, 0.25) is 0 Å². The first-order valence-corrected chi connectivity index (χ1v) is 11.8. The SMILES string of the molecule is CCNC(=NCC(C(CC)CC)N1CCOCC1)NCCCNC(=O)c1occc1C.I. The summed E-state index contributed by atoms with van der Waals surface area (Å²) in [6.45, 7) is 15.0. The summed E-state index contributed by atoms with van der Waals surface area (Å²) in [5.41, 5.74) is 0.851. The fraction of sp³-hybridized carbons (Fsp3) is 0.739. The molecule has 0 bridgehead atoms. The van der Waals surface area contributed by atoms with Crippen molar-refractivity contribution in [2.75, 3.05) is 52.5 Å². The van der Waals surface area contributed by atoms with Crippen LogP contribution in [0.25, 0.3) is 0 Å². The Hall–Kier alpha value is -1.33. The average molecular weight is 564 g/mol. The Morgan fingerprint density at radius 1 is 1.12 bits per heavy atom. The lowest BCUT2D eigenvalue weighted by atomic mass is 9.92. The minimum absolute atomic E-state index is 0. The number of morpholine rings is 1. The van der Waals surface area contributed by atoms with Crippen LogP contribution in [0.15, 0.2) is 21.7 Å². The maximum atomic E-state index is 12.1. The maximum Gasteiger partial charge on any atom is 0.287 e. The Balaban J connectivity index is 0.00000512. The molecule has 1 fully saturated rings. The molecule has 1 aromatic heterocycles. The molecule has 9 heteroatoms. The van der Waals surface area contributed by atoms with E-state index >= 15 is 0 Å². The second kappa shape index (κ2) is 16.3. The van der Waals surface area contributed by atoms with Crippen LogP contribution < -0.4 is 16.0 Å². The van der Waals surface area contributed by atoms with Gasteiger partial charge in [-0.25, -0.2) is 0 Å². The van der Waals surface area contributed by atoms with Gasteiger partial charge in [0.25, 0.3) is 5.91 Å². The van der Waals surface area contributed by atoms with Crippen molar-refractivity contribution >= 4 is 35.8 Å². The topological polar surface area (TPSA) is 91.1 Å². The Kier molecular flexibility index (Phi) is 14.6. The first kappa shape index (κ1) is 28.7. The average Bonchev–Trinajstić information content (AvgIpc) is 3.22. The number of furan rings is 1. The zero-order valence-electron chi connectivity index (χ0n) is 20.1. The minimum atomic E-state index is -0.165. The molecule has 8 nitrogen and oxygen atoms in total. The number of halogens is 1. The first-order valence-electron chi connectivity index (χ1n) is 11.8. The van der Waals surface area contributed by atoms with Gasteiger partial charge in [-0.3, -0.25) is 14.7 Å². The van der Waals surface area contributed by atoms with E-state index < -0.39 is 0 Å². The Bertz CT molecular complexity index is 672. The molecule has 0 saturated carbocycles. The highest BCUT2D eigenvalue weighted by molar-refractivity contribution is 14.0. The molecule has 0 aromatic carbocycles. The van der Waals surface area contributed by atoms with Gasteiger partial charge in [0.1, 0.15) is 0 Å². The van der Waals surface area contributed by atoms with Crippen molar-refractivity contribution < 1.29 is 13.9 Å². The molecule has 3 N–H and O–H groups in total. The van der Waals surface area contributed by atoms with E-state index in [0.717, 1.165) is 76.7 Å². The largest absolute Gasteiger partial charge is 0.459 e. The van der Waals surface area contributed by atoms with E-state index in [4.69, 9.17) is 14.1 Å². The van der Waals surface area contributed by atoms with Gasteiger partial charge in [-0.05, 0) is 32.3 Å². The number of nitrogens with one attached hydrogen (secondary N) is 3. The standard InChI is InChI=1S/C23H41N5O3.HI/c1-5-19(6-2)20(28-12-15-30-16-13-28)17-27-23(24-7-3)26-11-8-10-25-22(29)21-18(4)9-14-31-21;/h9,14,19-20H,5-8,10-13,15-17H2,1-4H3,(H,25,29)(H2,24,26,27);1H. The summed E-state index contributed by atoms with van der Waals surface area (Å²) in [5, 5.41) is 9.64. The summed E-state index contributed by atoms with van der Waals surface area (Å²) in [7, 11) is 0. The molecule has 1 saturated heterocycles. The molecular formula is C23H42IN5O3. The van der Waals surface area contributed by atoms with E-state index in [-0.39, 0.29) is 29.9 Å². The second-order valence-electron chi connectivity index (χ2n) is 7.98. The predicted molar refractivity (Wildman–Crippen MR) is 140 cm³/mol. The van der Waals surface area contributed by atoms with Gasteiger partial charge in [0.05, 0.1) is 26.0 Å². The summed E-state index contributed by atoms with van der Waals surface area (Å²) in [4.78, 5) is 19.5. The van der Waals surface area contributed by atoms with E-state index in [9.17, 15) is 4.79 Å². The summed E-state index contributed by atoms with van der Waals surface area (Å²) in [6, 6.07) is 2.23. The zero-order valence-corrected chi connectivity index (χ0v) is 22.4. The van der Waals surface area contributed by atoms with Crippen LogP contribution in [-0.2, 0) is 4.74 Å². The number of carbonyl (C=O) groups excluding carboxylic acids is 1. The van der Waals surface area contributed by atoms with E-state index in [1.54, 1.807) is 6.07 Å². The van der Waals surface area contributed by atoms with E-state index in [0.29, 0.717) is 24.3 Å². The third-order valence-corrected chi connectivity index (χ3v) is 5.89. The van der Waals surface area contributed by atoms with Crippen LogP contribution in [0, 0.1) is 12.8 Å². The number of rotatable bonds is 12. The predicted octanol–water partition coefficient (Wildman–Crippen LogP) is 3.02. The lowest BCUT2D eigenvalue weighted by molar-refractivity contribution is 0.00395. The number of nitrogens with zero attached hydrogens (tertiary/aromatic N) is 2. The molecule has 1 aliphatic rings. The highest BCUT2D eigenvalue weighted by Crippen LogP contribution is 2.20. The van der Waals surface area contributed by atoms with Crippen molar-refractivity contribution in [2.24, 2.45) is 10.9 Å². The van der Waals surface area contributed by atoms with Crippen molar-refractivity contribution in [3.8, 4) is 0 Å². The third kappa shape index (κ3) is 9.27. The second-order valence-corrected chi connectivity index (χ2v) is 7.98. The molecule has 0 spiro atoms. The van der Waals surface area contributed by atoms with Crippen molar-refractivity contribution in [2.45, 2.75) is 53.0 Å². The van der Waals surface area contributed by atoms with Gasteiger partial charge in [-0.15, -0.1) is 24.0 Å². The minimum Gasteiger partial charge on any atom is -0.459 e. The molecule has 0 radical (unpaired) electrons. The van der Waals surface area contributed by atoms with Crippen molar-refractivity contribution in [1.82, 2.24) is 20.9 Å². The van der Waals surface area contributed by atoms with Crippen LogP contribution in [0.3, 0.4) is 0 Å². The smallest absolute Gasteiger partial charge is 0.287 e. The van der Waals surface area contributed by atoms with Gasteiger partial charge < -0.3 is 25.1 Å². The molecule has 1 amide bonds. The van der Waals surface area contributed by atoms with Crippen LogP contribution in [0.1, 0.15) is 56.2 Å². The van der Waals surface area contributed by atoms with Crippen LogP contribution >= 0.6 is 24.0 Å². The number of hydrogen-bond acceptors (Lipinski definition) is 5. The molecule has 184 valence electrons. The molecule has 1 aliphatic heterocycles. The highest BCUT2D eigenvalue weighted by Gasteiger charge is 2.26. The third-order valence-electron chi connectivity index (χ3n) is 5.89. The highest BCUT2D eigenvalue weighted by atomic mass is 127. The normalized spacial score (nSPS) is 15.8. The fourth-order valence-electron chi connectivity index (χ4n) is 4.01. The number of ether oxygens (including phenoxy) is 1. The van der Waals surface area contributed by atoms with Crippen LogP contribution in [-0.4, -0.2) is 75.3 Å². The summed E-state index contributed by atoms with van der Waals surface area (Å²) in [5.74, 6) is 1.69. The quantitative estimate of drug-likeness (QED) is 0.157. The van der Waals surface area contributed by atoms with Crippen LogP contribution in [0.2, 0.25) is 0 Å². The number of hydrogen-bond donors (Lipinski definition) is 3. The molecule has 1 aromatic rings. The van der Waals surface area contributed by atoms with Crippen molar-refractivity contribution in [1.29, 1.82) is 0 Å².